The molecule has 9 heteroatoms. The van der Waals surface area contributed by atoms with Crippen LogP contribution < -0.4 is 4.74 Å². The van der Waals surface area contributed by atoms with E-state index in [9.17, 15) is 14.0 Å². The highest BCUT2D eigenvalue weighted by atomic mass is 35.5. The Hall–Kier alpha value is -2.35. The summed E-state index contributed by atoms with van der Waals surface area (Å²) in [6, 6.07) is 10.5. The molecular weight excluding hydrogens is 516 g/mol. The average molecular weight is 548 g/mol. The summed E-state index contributed by atoms with van der Waals surface area (Å²) in [5, 5.41) is 0.886. The minimum Gasteiger partial charge on any atom is -0.410 e. The number of hydrogen-bond acceptors (Lipinski definition) is 4. The highest BCUT2D eigenvalue weighted by Crippen LogP contribution is 2.36. The molecule has 2 saturated heterocycles. The fourth-order valence-electron chi connectivity index (χ4n) is 5.53. The molecule has 0 N–H and O–H groups in total. The molecule has 37 heavy (non-hydrogen) atoms. The maximum atomic E-state index is 13.6. The summed E-state index contributed by atoms with van der Waals surface area (Å²) in [5.41, 5.74) is 0.912. The number of carbonyl (C=O) groups excluding carboxylic acids is 2. The van der Waals surface area contributed by atoms with Gasteiger partial charge in [0.25, 0.3) is 0 Å². The van der Waals surface area contributed by atoms with Crippen LogP contribution in [-0.4, -0.2) is 72.5 Å². The molecule has 6 nitrogen and oxygen atoms in total. The monoisotopic (exact) mass is 547 g/mol. The lowest BCUT2D eigenvalue weighted by Crippen LogP contribution is -2.45. The van der Waals surface area contributed by atoms with Crippen molar-refractivity contribution in [1.82, 2.24) is 14.7 Å². The molecule has 2 aromatic rings. The molecule has 2 aliphatic heterocycles. The first kappa shape index (κ1) is 26.3. The van der Waals surface area contributed by atoms with Crippen LogP contribution in [0, 0.1) is 17.7 Å². The first-order valence-electron chi connectivity index (χ1n) is 12.9. The molecule has 2 atom stereocenters. The predicted octanol–water partition coefficient (Wildman–Crippen LogP) is 5.68. The van der Waals surface area contributed by atoms with Crippen LogP contribution in [0.5, 0.6) is 5.75 Å². The van der Waals surface area contributed by atoms with Gasteiger partial charge in [-0.1, -0.05) is 29.3 Å². The van der Waals surface area contributed by atoms with Crippen molar-refractivity contribution >= 4 is 35.2 Å². The minimum atomic E-state index is -0.565. The Labute approximate surface area is 227 Å². The van der Waals surface area contributed by atoms with Gasteiger partial charge in [-0.05, 0) is 86.7 Å². The van der Waals surface area contributed by atoms with Crippen LogP contribution in [0.1, 0.15) is 37.2 Å². The van der Waals surface area contributed by atoms with Gasteiger partial charge >= 0.3 is 6.09 Å². The van der Waals surface area contributed by atoms with Crippen LogP contribution in [-0.2, 0) is 4.79 Å². The van der Waals surface area contributed by atoms with Crippen molar-refractivity contribution in [3.05, 3.63) is 63.9 Å². The number of piperidine rings is 1. The highest BCUT2D eigenvalue weighted by Gasteiger charge is 2.42. The van der Waals surface area contributed by atoms with Crippen molar-refractivity contribution in [1.29, 1.82) is 0 Å². The smallest absolute Gasteiger partial charge is 0.410 e. The van der Waals surface area contributed by atoms with Gasteiger partial charge in [-0.25, -0.2) is 9.18 Å². The zero-order valence-electron chi connectivity index (χ0n) is 20.9. The number of ether oxygens (including phenoxy) is 1. The Bertz CT molecular complexity index is 1140. The van der Waals surface area contributed by atoms with E-state index in [-0.39, 0.29) is 29.5 Å². The zero-order valence-corrected chi connectivity index (χ0v) is 22.4. The van der Waals surface area contributed by atoms with Gasteiger partial charge in [0.05, 0.1) is 16.1 Å². The molecule has 0 aromatic heterocycles. The van der Waals surface area contributed by atoms with Crippen molar-refractivity contribution in [2.45, 2.75) is 37.6 Å². The van der Waals surface area contributed by atoms with Gasteiger partial charge < -0.3 is 19.4 Å². The number of likely N-dealkylation sites (N-methyl/N-ethyl adjacent to an activating group) is 1. The van der Waals surface area contributed by atoms with Crippen LogP contribution in [0.15, 0.2) is 42.5 Å². The molecule has 0 spiro atoms. The van der Waals surface area contributed by atoms with E-state index in [4.69, 9.17) is 27.9 Å². The molecule has 2 amide bonds. The SMILES string of the molecule is CN(C(=O)Oc1ccc(F)cc1)[C@H]1CN(C(=O)C2CCN(CC3CC3)CC2)C[C@@H]1c1ccc(Cl)c(Cl)c1. The molecule has 2 aromatic carbocycles. The summed E-state index contributed by atoms with van der Waals surface area (Å²) in [4.78, 5) is 32.5. The van der Waals surface area contributed by atoms with Crippen molar-refractivity contribution in [3.8, 4) is 5.75 Å². The van der Waals surface area contributed by atoms with Crippen LogP contribution in [0.2, 0.25) is 10.0 Å². The Morgan fingerprint density at radius 2 is 1.70 bits per heavy atom. The molecule has 3 fully saturated rings. The fourth-order valence-corrected chi connectivity index (χ4v) is 5.83. The third-order valence-electron chi connectivity index (χ3n) is 7.93. The molecule has 0 radical (unpaired) electrons. The molecule has 5 rings (SSSR count). The van der Waals surface area contributed by atoms with Crippen LogP contribution >= 0.6 is 23.2 Å². The number of rotatable bonds is 6. The second kappa shape index (κ2) is 11.2. The maximum absolute atomic E-state index is 13.6. The summed E-state index contributed by atoms with van der Waals surface area (Å²) >= 11 is 12.5. The van der Waals surface area contributed by atoms with Gasteiger partial charge in [-0.15, -0.1) is 0 Å². The third kappa shape index (κ3) is 6.21. The van der Waals surface area contributed by atoms with Gasteiger partial charge in [0.1, 0.15) is 11.6 Å². The van der Waals surface area contributed by atoms with E-state index in [1.807, 2.05) is 17.0 Å². The van der Waals surface area contributed by atoms with Gasteiger partial charge in [0.2, 0.25) is 5.91 Å². The van der Waals surface area contributed by atoms with Gasteiger partial charge in [0.15, 0.2) is 0 Å². The number of hydrogen-bond donors (Lipinski definition) is 0. The Balaban J connectivity index is 1.30. The Morgan fingerprint density at radius 1 is 1.00 bits per heavy atom. The van der Waals surface area contributed by atoms with Crippen LogP contribution in [0.25, 0.3) is 0 Å². The second-order valence-electron chi connectivity index (χ2n) is 10.5. The van der Waals surface area contributed by atoms with Crippen LogP contribution in [0.3, 0.4) is 0 Å². The van der Waals surface area contributed by atoms with E-state index in [1.165, 1.54) is 42.0 Å². The maximum Gasteiger partial charge on any atom is 0.415 e. The van der Waals surface area contributed by atoms with E-state index < -0.39 is 11.9 Å². The number of amides is 2. The largest absolute Gasteiger partial charge is 0.415 e. The first-order chi connectivity index (χ1) is 17.8. The molecular formula is C28H32Cl2FN3O3. The lowest BCUT2D eigenvalue weighted by atomic mass is 9.93. The standard InChI is InChI=1S/C28H32Cl2FN3O3/c1-32(28(36)37-22-7-5-21(31)6-8-22)26-17-34(16-23(26)20-4-9-24(29)25(30)14-20)27(35)19-10-12-33(13-11-19)15-18-2-3-18/h4-9,14,18-19,23,26H,2-3,10-13,15-17H2,1H3/t23-,26+/m1/s1. The summed E-state index contributed by atoms with van der Waals surface area (Å²) in [6.07, 6.45) is 3.84. The number of halogens is 3. The molecule has 0 bridgehead atoms. The molecule has 0 unspecified atom stereocenters. The van der Waals surface area contributed by atoms with Crippen LogP contribution in [0.4, 0.5) is 9.18 Å². The molecule has 2 heterocycles. The normalized spacial score (nSPS) is 22.8. The van der Waals surface area contributed by atoms with Gasteiger partial charge in [-0.2, -0.15) is 0 Å². The van der Waals surface area contributed by atoms with Gasteiger partial charge in [0, 0.05) is 38.5 Å². The molecule has 1 aliphatic carbocycles. The Morgan fingerprint density at radius 3 is 2.35 bits per heavy atom. The zero-order chi connectivity index (χ0) is 26.1. The third-order valence-corrected chi connectivity index (χ3v) is 8.67. The van der Waals surface area contributed by atoms with Crippen molar-refractivity contribution in [2.24, 2.45) is 11.8 Å². The number of likely N-dealkylation sites (tertiary alicyclic amines) is 2. The van der Waals surface area contributed by atoms with Gasteiger partial charge in [-0.3, -0.25) is 4.79 Å². The summed E-state index contributed by atoms with van der Waals surface area (Å²) in [6.45, 7) is 3.97. The average Bonchev–Trinajstić information content (AvgIpc) is 3.60. The second-order valence-corrected chi connectivity index (χ2v) is 11.4. The topological polar surface area (TPSA) is 53.1 Å². The van der Waals surface area contributed by atoms with E-state index >= 15 is 0 Å². The predicted molar refractivity (Wildman–Crippen MR) is 142 cm³/mol. The summed E-state index contributed by atoms with van der Waals surface area (Å²) in [7, 11) is 1.67. The van der Waals surface area contributed by atoms with E-state index in [2.05, 4.69) is 4.90 Å². The number of nitrogens with zero attached hydrogens (tertiary/aromatic N) is 3. The first-order valence-corrected chi connectivity index (χ1v) is 13.7. The molecule has 3 aliphatic rings. The van der Waals surface area contributed by atoms with E-state index in [1.54, 1.807) is 13.1 Å². The highest BCUT2D eigenvalue weighted by molar-refractivity contribution is 6.42. The van der Waals surface area contributed by atoms with E-state index in [0.717, 1.165) is 44.0 Å². The molecule has 198 valence electrons. The number of carbonyl (C=O) groups is 2. The lowest BCUT2D eigenvalue weighted by Gasteiger charge is -2.33. The summed E-state index contributed by atoms with van der Waals surface area (Å²) in [5.74, 6) is 0.701. The number of benzene rings is 2. The minimum absolute atomic E-state index is 0.000122. The fraction of sp³-hybridized carbons (Fsp3) is 0.500. The van der Waals surface area contributed by atoms with Crippen molar-refractivity contribution < 1.29 is 18.7 Å². The van der Waals surface area contributed by atoms with Crippen molar-refractivity contribution in [3.63, 3.8) is 0 Å². The van der Waals surface area contributed by atoms with Crippen molar-refractivity contribution in [2.75, 3.05) is 39.8 Å². The van der Waals surface area contributed by atoms with E-state index in [0.29, 0.717) is 23.1 Å². The molecule has 1 saturated carbocycles. The lowest BCUT2D eigenvalue weighted by molar-refractivity contribution is -0.136. The summed E-state index contributed by atoms with van der Waals surface area (Å²) < 4.78 is 18.8. The quantitative estimate of drug-likeness (QED) is 0.466. The Kier molecular flexibility index (Phi) is 7.93.